The zero-order chi connectivity index (χ0) is 23.4. The average Bonchev–Trinajstić information content (AvgIpc) is 3.28. The van der Waals surface area contributed by atoms with Crippen LogP contribution in [0.5, 0.6) is 11.5 Å². The van der Waals surface area contributed by atoms with Crippen molar-refractivity contribution in [2.75, 3.05) is 14.2 Å². The highest BCUT2D eigenvalue weighted by Gasteiger charge is 2.14. The Balaban J connectivity index is 1.43. The van der Waals surface area contributed by atoms with E-state index in [0.29, 0.717) is 22.2 Å². The number of aromatic amines is 1. The number of hydrogen-bond acceptors (Lipinski definition) is 7. The number of pyridine rings is 1. The van der Waals surface area contributed by atoms with Crippen molar-refractivity contribution in [1.29, 1.82) is 0 Å². The van der Waals surface area contributed by atoms with Gasteiger partial charge in [0, 0.05) is 11.8 Å². The summed E-state index contributed by atoms with van der Waals surface area (Å²) in [6.07, 6.45) is 1.70. The Kier molecular flexibility index (Phi) is 6.69. The molecule has 0 aliphatic rings. The van der Waals surface area contributed by atoms with Crippen LogP contribution in [0.2, 0.25) is 0 Å². The molecule has 2 aromatic heterocycles. The first kappa shape index (κ1) is 22.5. The number of esters is 1. The second-order valence-electron chi connectivity index (χ2n) is 7.30. The number of hydrogen-bond donors (Lipinski definition) is 1. The number of imidazole rings is 1. The minimum Gasteiger partial charge on any atom is -0.493 e. The van der Waals surface area contributed by atoms with Crippen LogP contribution in [0.1, 0.15) is 27.2 Å². The second kappa shape index (κ2) is 9.83. The van der Waals surface area contributed by atoms with Gasteiger partial charge in [0.05, 0.1) is 53.1 Å². The Bertz CT molecular complexity index is 1300. The van der Waals surface area contributed by atoms with Gasteiger partial charge in [-0.05, 0) is 48.9 Å². The average molecular weight is 466 g/mol. The number of para-hydroxylation sites is 2. The van der Waals surface area contributed by atoms with Crippen molar-refractivity contribution < 1.29 is 23.2 Å². The summed E-state index contributed by atoms with van der Waals surface area (Å²) in [6, 6.07) is 14.4. The molecule has 4 rings (SSSR count). The Hall–Kier alpha value is -3.72. The standard InChI is InChI=1S/C24H23N3O5S/c1-15-10-16(13-32-21-9-8-17(23(28)31-3)11-22(21)30-2)12-25-20(15)14-33(29)24-26-18-6-4-5-7-19(18)27-24/h4-12H,13-14H2,1-3H3,(H,26,27). The van der Waals surface area contributed by atoms with Gasteiger partial charge in [-0.25, -0.2) is 9.78 Å². The van der Waals surface area contributed by atoms with E-state index in [0.717, 1.165) is 27.9 Å². The van der Waals surface area contributed by atoms with Crippen LogP contribution in [0.4, 0.5) is 0 Å². The van der Waals surface area contributed by atoms with Crippen LogP contribution < -0.4 is 9.47 Å². The summed E-state index contributed by atoms with van der Waals surface area (Å²) in [5, 5.41) is 0.437. The predicted molar refractivity (Wildman–Crippen MR) is 124 cm³/mol. The Morgan fingerprint density at radius 3 is 2.64 bits per heavy atom. The van der Waals surface area contributed by atoms with Gasteiger partial charge in [-0.3, -0.25) is 9.19 Å². The van der Waals surface area contributed by atoms with E-state index in [1.165, 1.54) is 14.2 Å². The van der Waals surface area contributed by atoms with Gasteiger partial charge in [0.2, 0.25) is 0 Å². The molecule has 0 saturated heterocycles. The summed E-state index contributed by atoms with van der Waals surface area (Å²) < 4.78 is 28.7. The molecule has 2 heterocycles. The second-order valence-corrected chi connectivity index (χ2v) is 8.67. The van der Waals surface area contributed by atoms with E-state index in [9.17, 15) is 9.00 Å². The lowest BCUT2D eigenvalue weighted by Crippen LogP contribution is -2.05. The minimum atomic E-state index is -1.34. The van der Waals surface area contributed by atoms with Crippen LogP contribution in [0.15, 0.2) is 59.9 Å². The monoisotopic (exact) mass is 465 g/mol. The number of rotatable bonds is 8. The molecule has 0 fully saturated rings. The molecule has 0 aliphatic carbocycles. The molecule has 4 aromatic rings. The largest absolute Gasteiger partial charge is 0.493 e. The maximum absolute atomic E-state index is 12.8. The van der Waals surface area contributed by atoms with Gasteiger partial charge in [-0.2, -0.15) is 0 Å². The van der Waals surface area contributed by atoms with Gasteiger partial charge in [0.1, 0.15) is 6.61 Å². The van der Waals surface area contributed by atoms with Crippen LogP contribution in [-0.2, 0) is 27.9 Å². The normalized spacial score (nSPS) is 11.8. The van der Waals surface area contributed by atoms with Crippen molar-refractivity contribution in [2.24, 2.45) is 0 Å². The van der Waals surface area contributed by atoms with E-state index in [-0.39, 0.29) is 12.4 Å². The molecule has 0 radical (unpaired) electrons. The molecule has 170 valence electrons. The number of nitrogens with one attached hydrogen (secondary N) is 1. The Morgan fingerprint density at radius 1 is 1.09 bits per heavy atom. The Morgan fingerprint density at radius 2 is 1.91 bits per heavy atom. The van der Waals surface area contributed by atoms with Crippen LogP contribution in [0.25, 0.3) is 11.0 Å². The third-order valence-corrected chi connectivity index (χ3v) is 6.23. The predicted octanol–water partition coefficient (Wildman–Crippen LogP) is 3.95. The zero-order valence-electron chi connectivity index (χ0n) is 18.5. The summed E-state index contributed by atoms with van der Waals surface area (Å²) in [7, 11) is 1.49. The number of ether oxygens (including phenoxy) is 3. The van der Waals surface area contributed by atoms with Crippen molar-refractivity contribution in [1.82, 2.24) is 15.0 Å². The number of aromatic nitrogens is 3. The molecule has 0 saturated carbocycles. The smallest absolute Gasteiger partial charge is 0.337 e. The molecule has 9 heteroatoms. The molecule has 0 aliphatic heterocycles. The van der Waals surface area contributed by atoms with Gasteiger partial charge >= 0.3 is 5.97 Å². The summed E-state index contributed by atoms with van der Waals surface area (Å²) in [5.74, 6) is 0.740. The molecule has 8 nitrogen and oxygen atoms in total. The van der Waals surface area contributed by atoms with Crippen molar-refractivity contribution in [2.45, 2.75) is 24.4 Å². The zero-order valence-corrected chi connectivity index (χ0v) is 19.3. The summed E-state index contributed by atoms with van der Waals surface area (Å²) in [4.78, 5) is 23.7. The van der Waals surface area contributed by atoms with Crippen molar-refractivity contribution in [3.63, 3.8) is 0 Å². The fraction of sp³-hybridized carbons (Fsp3) is 0.208. The van der Waals surface area contributed by atoms with Gasteiger partial charge in [0.25, 0.3) is 0 Å². The first-order valence-corrected chi connectivity index (χ1v) is 11.5. The van der Waals surface area contributed by atoms with Crippen molar-refractivity contribution >= 4 is 27.8 Å². The summed E-state index contributed by atoms with van der Waals surface area (Å²) >= 11 is 0. The van der Waals surface area contributed by atoms with E-state index < -0.39 is 16.8 Å². The molecular weight excluding hydrogens is 442 g/mol. The number of methoxy groups -OCH3 is 2. The number of benzene rings is 2. The Labute approximate surface area is 193 Å². The molecule has 33 heavy (non-hydrogen) atoms. The molecule has 0 spiro atoms. The van der Waals surface area contributed by atoms with Gasteiger partial charge in [-0.15, -0.1) is 0 Å². The van der Waals surface area contributed by atoms with E-state index >= 15 is 0 Å². The summed E-state index contributed by atoms with van der Waals surface area (Å²) in [5.41, 5.74) is 4.51. The van der Waals surface area contributed by atoms with Crippen molar-refractivity contribution in [3.05, 3.63) is 77.1 Å². The molecule has 1 N–H and O–H groups in total. The number of aryl methyl sites for hydroxylation is 1. The van der Waals surface area contributed by atoms with Gasteiger partial charge in [-0.1, -0.05) is 12.1 Å². The minimum absolute atomic E-state index is 0.259. The lowest BCUT2D eigenvalue weighted by Gasteiger charge is -2.12. The van der Waals surface area contributed by atoms with Crippen molar-refractivity contribution in [3.8, 4) is 11.5 Å². The highest BCUT2D eigenvalue weighted by Crippen LogP contribution is 2.29. The van der Waals surface area contributed by atoms with Gasteiger partial charge in [0.15, 0.2) is 16.7 Å². The maximum atomic E-state index is 12.8. The molecule has 0 bridgehead atoms. The number of carbonyl (C=O) groups excluding carboxylic acids is 1. The highest BCUT2D eigenvalue weighted by molar-refractivity contribution is 7.84. The van der Waals surface area contributed by atoms with E-state index in [1.807, 2.05) is 37.3 Å². The topological polar surface area (TPSA) is 103 Å². The molecule has 1 unspecified atom stereocenters. The highest BCUT2D eigenvalue weighted by atomic mass is 32.2. The quantitative estimate of drug-likeness (QED) is 0.393. The fourth-order valence-corrected chi connectivity index (χ4v) is 4.43. The fourth-order valence-electron chi connectivity index (χ4n) is 3.31. The SMILES string of the molecule is COC(=O)c1ccc(OCc2cnc(CS(=O)c3nc4ccccc4[nH]3)c(C)c2)c(OC)c1. The molecule has 0 amide bonds. The number of nitrogens with zero attached hydrogens (tertiary/aromatic N) is 2. The van der Waals surface area contributed by atoms with Crippen LogP contribution in [-0.4, -0.2) is 39.3 Å². The van der Waals surface area contributed by atoms with Crippen LogP contribution >= 0.6 is 0 Å². The number of carbonyl (C=O) groups is 1. The molecule has 1 atom stereocenters. The third kappa shape index (κ3) is 5.04. The molecular formula is C24H23N3O5S. The number of H-pyrrole nitrogens is 1. The molecule has 2 aromatic carbocycles. The number of fused-ring (bicyclic) bond motifs is 1. The first-order valence-electron chi connectivity index (χ1n) is 10.1. The van der Waals surface area contributed by atoms with E-state index in [2.05, 4.69) is 15.0 Å². The van der Waals surface area contributed by atoms with E-state index in [4.69, 9.17) is 14.2 Å². The lowest BCUT2D eigenvalue weighted by molar-refractivity contribution is 0.0600. The lowest BCUT2D eigenvalue weighted by atomic mass is 10.1. The first-order chi connectivity index (χ1) is 16.0. The van der Waals surface area contributed by atoms with Crippen LogP contribution in [0, 0.1) is 6.92 Å². The van der Waals surface area contributed by atoms with E-state index in [1.54, 1.807) is 24.4 Å². The summed E-state index contributed by atoms with van der Waals surface area (Å²) in [6.45, 7) is 2.18. The maximum Gasteiger partial charge on any atom is 0.337 e. The van der Waals surface area contributed by atoms with Gasteiger partial charge < -0.3 is 19.2 Å². The van der Waals surface area contributed by atoms with Crippen LogP contribution in [0.3, 0.4) is 0 Å². The third-order valence-electron chi connectivity index (χ3n) is 5.07.